The van der Waals surface area contributed by atoms with Crippen LogP contribution in [0.4, 0.5) is 4.79 Å². The molecule has 0 aliphatic heterocycles. The fourth-order valence-corrected chi connectivity index (χ4v) is 7.26. The third-order valence-corrected chi connectivity index (χ3v) is 10.8. The maximum Gasteiger partial charge on any atom is 0.408 e. The quantitative estimate of drug-likeness (QED) is 0.103. The Morgan fingerprint density at radius 1 is 0.667 bits per heavy atom. The number of allylic oxidation sites excluding steroid dienone is 2. The normalized spacial score (nSPS) is 15.7. The van der Waals surface area contributed by atoms with E-state index in [1.54, 1.807) is 67.5 Å². The number of amides is 7. The highest BCUT2D eigenvalue weighted by molar-refractivity contribution is 5.97. The Morgan fingerprint density at radius 2 is 1.13 bits per heavy atom. The molecule has 0 spiro atoms. The first-order valence-corrected chi connectivity index (χ1v) is 22.0. The molecule has 0 aromatic heterocycles. The number of ether oxygens (including phenoxy) is 1. The van der Waals surface area contributed by atoms with Crippen molar-refractivity contribution < 1.29 is 53.3 Å². The molecule has 0 radical (unpaired) electrons. The molecule has 0 saturated carbocycles. The highest BCUT2D eigenvalue weighted by atomic mass is 16.6. The van der Waals surface area contributed by atoms with E-state index in [2.05, 4.69) is 10.6 Å². The lowest BCUT2D eigenvalue weighted by Crippen LogP contribution is -2.63. The van der Waals surface area contributed by atoms with Gasteiger partial charge in [0.05, 0.1) is 6.10 Å². The smallest absolute Gasteiger partial charge is 0.408 e. The summed E-state index contributed by atoms with van der Waals surface area (Å²) < 4.78 is 5.31. The van der Waals surface area contributed by atoms with Gasteiger partial charge in [-0.3, -0.25) is 33.6 Å². The van der Waals surface area contributed by atoms with Gasteiger partial charge in [0, 0.05) is 35.2 Å². The monoisotopic (exact) mass is 896 g/mol. The first-order valence-electron chi connectivity index (χ1n) is 22.0. The largest absolute Gasteiger partial charge is 0.480 e. The molecule has 0 saturated heterocycles. The lowest BCUT2D eigenvalue weighted by molar-refractivity contribution is -0.157. The number of aliphatic hydroxyl groups is 1. The Bertz CT molecular complexity index is 1590. The number of alkyl carbamates (subject to hydrolysis) is 1. The number of nitrogens with one attached hydrogen (secondary N) is 2. The number of nitrogens with zero attached hydrogens (tertiary/aromatic N) is 5. The Labute approximate surface area is 376 Å². The van der Waals surface area contributed by atoms with Crippen molar-refractivity contribution in [3.8, 4) is 0 Å². The topological polar surface area (TPSA) is 227 Å². The number of rotatable bonds is 24. The Hall–Kier alpha value is -4.74. The van der Waals surface area contributed by atoms with Gasteiger partial charge in [-0.25, -0.2) is 4.79 Å². The molecule has 8 atom stereocenters. The number of carboxylic acid groups (broad SMARTS) is 1. The van der Waals surface area contributed by atoms with Gasteiger partial charge < -0.3 is 50.1 Å². The molecule has 0 heterocycles. The molecule has 0 rings (SSSR count). The number of hydrogen-bond acceptors (Lipinski definition) is 10. The van der Waals surface area contributed by atoms with Gasteiger partial charge in [0.25, 0.3) is 0 Å². The second-order valence-electron chi connectivity index (χ2n) is 18.9. The van der Waals surface area contributed by atoms with Crippen LogP contribution in [0, 0.1) is 23.7 Å². The molecule has 0 aromatic carbocycles. The summed E-state index contributed by atoms with van der Waals surface area (Å²) in [4.78, 5) is 115. The van der Waals surface area contributed by atoms with Crippen LogP contribution < -0.4 is 10.6 Å². The zero-order valence-corrected chi connectivity index (χ0v) is 41.3. The van der Waals surface area contributed by atoms with Crippen molar-refractivity contribution >= 4 is 47.5 Å². The predicted molar refractivity (Wildman–Crippen MR) is 241 cm³/mol. The van der Waals surface area contributed by atoms with Crippen LogP contribution in [0.2, 0.25) is 0 Å². The van der Waals surface area contributed by atoms with Gasteiger partial charge in [-0.15, -0.1) is 0 Å². The van der Waals surface area contributed by atoms with Crippen LogP contribution in [0.5, 0.6) is 0 Å². The fourth-order valence-electron chi connectivity index (χ4n) is 7.26. The summed E-state index contributed by atoms with van der Waals surface area (Å²) in [5.74, 6) is -6.35. The summed E-state index contributed by atoms with van der Waals surface area (Å²) in [5.41, 5.74) is -0.803. The molecule has 7 amide bonds. The summed E-state index contributed by atoms with van der Waals surface area (Å²) >= 11 is 0. The number of carbonyl (C=O) groups is 8. The van der Waals surface area contributed by atoms with E-state index in [4.69, 9.17) is 4.74 Å². The van der Waals surface area contributed by atoms with Crippen LogP contribution in [-0.2, 0) is 38.3 Å². The highest BCUT2D eigenvalue weighted by Crippen LogP contribution is 2.24. The number of hydrogen-bond donors (Lipinski definition) is 4. The summed E-state index contributed by atoms with van der Waals surface area (Å²) in [5, 5.41) is 26.1. The van der Waals surface area contributed by atoms with Gasteiger partial charge in [-0.05, 0) is 84.0 Å². The number of carboxylic acids is 1. The van der Waals surface area contributed by atoms with Gasteiger partial charge >= 0.3 is 12.1 Å². The van der Waals surface area contributed by atoms with Gasteiger partial charge in [0.1, 0.15) is 48.4 Å². The van der Waals surface area contributed by atoms with E-state index in [0.29, 0.717) is 6.42 Å². The van der Waals surface area contributed by atoms with Crippen molar-refractivity contribution in [3.63, 3.8) is 0 Å². The molecule has 0 aliphatic carbocycles. The summed E-state index contributed by atoms with van der Waals surface area (Å²) in [6.45, 7) is 22.1. The molecule has 4 N–H and O–H groups in total. The first-order chi connectivity index (χ1) is 28.9. The predicted octanol–water partition coefficient (Wildman–Crippen LogP) is 3.36. The van der Waals surface area contributed by atoms with Gasteiger partial charge in [-0.1, -0.05) is 67.5 Å². The molecule has 0 aromatic rings. The van der Waals surface area contributed by atoms with E-state index in [1.165, 1.54) is 56.9 Å². The Balaban J connectivity index is 7.04. The standard InChI is InChI=1S/C45H81N7O11/c1-19-21-22-29(9)37(55)36(38(56)47-31(20-2)40(58)48(14)25-34(53)54)52(18)43(61)35(28(7)8)51(17)42(60)33(24-27(5)6)50(16)41(59)32(23-26(3)4)49(15)39(57)30(10)46-44(62)63-45(11,12)13/h19,21,26-33,35-37,55H,20,22-25H2,1-18H3,(H,46,62)(H,47,56)(H,53,54)/b21-19+/t29-,30-,31+,32+,33+,35+,36+,37-/m1/s1. The summed E-state index contributed by atoms with van der Waals surface area (Å²) in [6, 6.07) is -7.08. The second kappa shape index (κ2) is 26.1. The van der Waals surface area contributed by atoms with Crippen molar-refractivity contribution in [2.75, 3.05) is 41.8 Å². The molecule has 362 valence electrons. The highest BCUT2D eigenvalue weighted by Gasteiger charge is 2.44. The molecule has 18 heteroatoms. The second-order valence-corrected chi connectivity index (χ2v) is 18.9. The lowest BCUT2D eigenvalue weighted by atomic mass is 9.91. The lowest BCUT2D eigenvalue weighted by Gasteiger charge is -2.41. The van der Waals surface area contributed by atoms with Crippen LogP contribution in [-0.4, -0.2) is 172 Å². The summed E-state index contributed by atoms with van der Waals surface area (Å²) in [6.07, 6.45) is 2.22. The maximum atomic E-state index is 14.8. The minimum Gasteiger partial charge on any atom is -0.480 e. The van der Waals surface area contributed by atoms with Gasteiger partial charge in [-0.2, -0.15) is 0 Å². The van der Waals surface area contributed by atoms with Crippen LogP contribution in [0.1, 0.15) is 116 Å². The van der Waals surface area contributed by atoms with E-state index >= 15 is 0 Å². The minimum absolute atomic E-state index is 0.0605. The SMILES string of the molecule is C/C=C/C[C@@H](C)[C@@H](O)[C@@H](C(=O)N[C@@H](CC)C(=O)N(C)CC(=O)O)N(C)C(=O)[C@H](C(C)C)N(C)C(=O)[C@H](CC(C)C)N(C)C(=O)[C@H](CC(C)C)N(C)C(=O)[C@@H](C)NC(=O)OC(C)(C)C. The van der Waals surface area contributed by atoms with Crippen LogP contribution in [0.15, 0.2) is 12.2 Å². The first kappa shape index (κ1) is 58.3. The minimum atomic E-state index is -1.54. The van der Waals surface area contributed by atoms with E-state index in [-0.39, 0.29) is 31.1 Å². The molecule has 0 bridgehead atoms. The molecular weight excluding hydrogens is 815 g/mol. The van der Waals surface area contributed by atoms with E-state index in [1.807, 2.05) is 27.7 Å². The van der Waals surface area contributed by atoms with E-state index in [9.17, 15) is 48.6 Å². The van der Waals surface area contributed by atoms with Crippen molar-refractivity contribution in [1.29, 1.82) is 0 Å². The zero-order valence-electron chi connectivity index (χ0n) is 41.3. The maximum absolute atomic E-state index is 14.8. The number of carbonyl (C=O) groups excluding carboxylic acids is 7. The number of aliphatic hydroxyl groups excluding tert-OH is 1. The Morgan fingerprint density at radius 3 is 1.54 bits per heavy atom. The Kier molecular flexibility index (Phi) is 24.2. The molecule has 0 aliphatic rings. The zero-order chi connectivity index (χ0) is 49.4. The van der Waals surface area contributed by atoms with Crippen molar-refractivity contribution in [1.82, 2.24) is 35.1 Å². The molecule has 0 fully saturated rings. The van der Waals surface area contributed by atoms with E-state index < -0.39 is 114 Å². The van der Waals surface area contributed by atoms with Crippen molar-refractivity contribution in [3.05, 3.63) is 12.2 Å². The van der Waals surface area contributed by atoms with Gasteiger partial charge in [0.2, 0.25) is 35.4 Å². The molecule has 63 heavy (non-hydrogen) atoms. The number of aliphatic carboxylic acids is 1. The third kappa shape index (κ3) is 18.1. The van der Waals surface area contributed by atoms with Crippen LogP contribution in [0.3, 0.4) is 0 Å². The van der Waals surface area contributed by atoms with Crippen LogP contribution in [0.25, 0.3) is 0 Å². The average Bonchev–Trinajstić information content (AvgIpc) is 3.16. The number of likely N-dealkylation sites (N-methyl/N-ethyl adjacent to an activating group) is 5. The van der Waals surface area contributed by atoms with Gasteiger partial charge in [0.15, 0.2) is 0 Å². The molecule has 18 nitrogen and oxygen atoms in total. The molecule has 0 unspecified atom stereocenters. The average molecular weight is 896 g/mol. The van der Waals surface area contributed by atoms with Crippen molar-refractivity contribution in [2.24, 2.45) is 23.7 Å². The fraction of sp³-hybridized carbons (Fsp3) is 0.778. The van der Waals surface area contributed by atoms with Crippen LogP contribution >= 0.6 is 0 Å². The van der Waals surface area contributed by atoms with Crippen molar-refractivity contribution in [2.45, 2.75) is 164 Å². The van der Waals surface area contributed by atoms with E-state index in [0.717, 1.165) is 9.80 Å². The summed E-state index contributed by atoms with van der Waals surface area (Å²) in [7, 11) is 7.03. The third-order valence-electron chi connectivity index (χ3n) is 10.8. The molecular formula is C45H81N7O11.